The number of rotatable bonds is 5. The molecule has 8 heteroatoms. The molecule has 0 aliphatic carbocycles. The quantitative estimate of drug-likeness (QED) is 0.757. The topological polar surface area (TPSA) is 92.8 Å². The van der Waals surface area contributed by atoms with Crippen molar-refractivity contribution in [3.05, 3.63) is 59.7 Å². The number of esters is 1. The minimum absolute atomic E-state index is 0.124. The molecule has 1 saturated heterocycles. The van der Waals surface area contributed by atoms with Crippen LogP contribution in [0.3, 0.4) is 0 Å². The van der Waals surface area contributed by atoms with Crippen LogP contribution in [0, 0.1) is 12.8 Å². The van der Waals surface area contributed by atoms with Gasteiger partial charge in [-0.15, -0.1) is 0 Å². The highest BCUT2D eigenvalue weighted by Crippen LogP contribution is 2.26. The predicted molar refractivity (Wildman–Crippen MR) is 109 cm³/mol. The van der Waals surface area contributed by atoms with Gasteiger partial charge in [0.1, 0.15) is 0 Å². The number of anilines is 1. The summed E-state index contributed by atoms with van der Waals surface area (Å²) in [5, 5.41) is 2.84. The van der Waals surface area contributed by atoms with Gasteiger partial charge in [0.2, 0.25) is 15.9 Å². The molecule has 0 saturated carbocycles. The van der Waals surface area contributed by atoms with Gasteiger partial charge in [0.05, 0.1) is 23.5 Å². The number of nitrogens with zero attached hydrogens (tertiary/aromatic N) is 1. The maximum absolute atomic E-state index is 12.9. The molecule has 1 amide bonds. The number of nitrogens with one attached hydrogen (secondary N) is 1. The zero-order valence-electron chi connectivity index (χ0n) is 16.4. The Morgan fingerprint density at radius 2 is 1.83 bits per heavy atom. The van der Waals surface area contributed by atoms with Gasteiger partial charge in [-0.25, -0.2) is 13.2 Å². The van der Waals surface area contributed by atoms with Gasteiger partial charge in [0, 0.05) is 18.8 Å². The zero-order valence-corrected chi connectivity index (χ0v) is 17.2. The number of piperidine rings is 1. The number of carbonyl (C=O) groups is 2. The molecule has 3 rings (SSSR count). The van der Waals surface area contributed by atoms with E-state index in [1.165, 1.54) is 11.4 Å². The van der Waals surface area contributed by atoms with Gasteiger partial charge in [0.15, 0.2) is 0 Å². The van der Waals surface area contributed by atoms with Crippen LogP contribution in [0.5, 0.6) is 0 Å². The Kier molecular flexibility index (Phi) is 6.34. The Balaban J connectivity index is 1.75. The number of sulfonamides is 1. The molecule has 2 aromatic carbocycles. The first-order valence-electron chi connectivity index (χ1n) is 9.38. The van der Waals surface area contributed by atoms with Crippen molar-refractivity contribution >= 4 is 27.6 Å². The third-order valence-electron chi connectivity index (χ3n) is 5.13. The number of benzene rings is 2. The zero-order chi connectivity index (χ0) is 21.0. The molecule has 1 aliphatic heterocycles. The molecule has 1 unspecified atom stereocenters. The minimum atomic E-state index is -3.64. The Morgan fingerprint density at radius 1 is 1.10 bits per heavy atom. The van der Waals surface area contributed by atoms with Crippen molar-refractivity contribution in [2.24, 2.45) is 5.92 Å². The van der Waals surface area contributed by atoms with E-state index < -0.39 is 21.9 Å². The van der Waals surface area contributed by atoms with Gasteiger partial charge < -0.3 is 10.1 Å². The van der Waals surface area contributed by atoms with E-state index in [4.69, 9.17) is 4.74 Å². The van der Waals surface area contributed by atoms with Crippen LogP contribution in [0.25, 0.3) is 0 Å². The lowest BCUT2D eigenvalue weighted by Gasteiger charge is -2.31. The Morgan fingerprint density at radius 3 is 2.52 bits per heavy atom. The molecule has 2 aromatic rings. The number of ether oxygens (including phenoxy) is 1. The Labute approximate surface area is 170 Å². The number of hydrogen-bond donors (Lipinski definition) is 1. The van der Waals surface area contributed by atoms with Crippen molar-refractivity contribution in [3.63, 3.8) is 0 Å². The van der Waals surface area contributed by atoms with Crippen LogP contribution in [0.4, 0.5) is 5.69 Å². The molecule has 154 valence electrons. The van der Waals surface area contributed by atoms with Gasteiger partial charge in [-0.05, 0) is 49.6 Å². The number of hydrogen-bond acceptors (Lipinski definition) is 5. The van der Waals surface area contributed by atoms with E-state index in [0.29, 0.717) is 36.2 Å². The summed E-state index contributed by atoms with van der Waals surface area (Å²) in [5.74, 6) is -1.21. The molecule has 1 fully saturated rings. The SMILES string of the molecule is COC(=O)c1cccc(NC(=O)C2CCCN(S(=O)(=O)c3ccccc3)C2)c1C. The van der Waals surface area contributed by atoms with E-state index in [-0.39, 0.29) is 17.3 Å². The molecule has 0 radical (unpaired) electrons. The Bertz CT molecular complexity index is 1000. The third kappa shape index (κ3) is 4.49. The van der Waals surface area contributed by atoms with Crippen molar-refractivity contribution in [2.75, 3.05) is 25.5 Å². The van der Waals surface area contributed by atoms with E-state index in [1.807, 2.05) is 0 Å². The smallest absolute Gasteiger partial charge is 0.338 e. The molecular formula is C21H24N2O5S. The molecule has 1 atom stereocenters. The lowest BCUT2D eigenvalue weighted by Crippen LogP contribution is -2.43. The first-order valence-corrected chi connectivity index (χ1v) is 10.8. The van der Waals surface area contributed by atoms with E-state index >= 15 is 0 Å². The van der Waals surface area contributed by atoms with Crippen LogP contribution in [-0.2, 0) is 19.6 Å². The minimum Gasteiger partial charge on any atom is -0.465 e. The highest BCUT2D eigenvalue weighted by atomic mass is 32.2. The maximum atomic E-state index is 12.9. The first-order chi connectivity index (χ1) is 13.8. The molecule has 7 nitrogen and oxygen atoms in total. The predicted octanol–water partition coefficient (Wildman–Crippen LogP) is 2.82. The second kappa shape index (κ2) is 8.75. The van der Waals surface area contributed by atoms with Gasteiger partial charge >= 0.3 is 5.97 Å². The summed E-state index contributed by atoms with van der Waals surface area (Å²) >= 11 is 0. The average Bonchev–Trinajstić information content (AvgIpc) is 2.75. The lowest BCUT2D eigenvalue weighted by molar-refractivity contribution is -0.120. The van der Waals surface area contributed by atoms with Crippen molar-refractivity contribution in [1.82, 2.24) is 4.31 Å². The molecule has 0 bridgehead atoms. The standard InChI is InChI=1S/C21H24N2O5S/c1-15-18(21(25)28-2)11-6-12-19(15)22-20(24)16-8-7-13-23(14-16)29(26,27)17-9-4-3-5-10-17/h3-6,9-12,16H,7-8,13-14H2,1-2H3,(H,22,24). The fourth-order valence-corrected chi connectivity index (χ4v) is 5.00. The molecule has 0 aromatic heterocycles. The van der Waals surface area contributed by atoms with Gasteiger partial charge in [-0.1, -0.05) is 24.3 Å². The van der Waals surface area contributed by atoms with E-state index in [1.54, 1.807) is 55.5 Å². The summed E-state index contributed by atoms with van der Waals surface area (Å²) in [5.41, 5.74) is 1.50. The summed E-state index contributed by atoms with van der Waals surface area (Å²) in [7, 11) is -2.34. The molecule has 1 N–H and O–H groups in total. The number of methoxy groups -OCH3 is 1. The lowest BCUT2D eigenvalue weighted by atomic mass is 9.98. The maximum Gasteiger partial charge on any atom is 0.338 e. The molecular weight excluding hydrogens is 392 g/mol. The van der Waals surface area contributed by atoms with Crippen molar-refractivity contribution in [1.29, 1.82) is 0 Å². The summed E-state index contributed by atoms with van der Waals surface area (Å²) in [6, 6.07) is 13.2. The van der Waals surface area contributed by atoms with Gasteiger partial charge in [0.25, 0.3) is 0 Å². The summed E-state index contributed by atoms with van der Waals surface area (Å²) in [6.07, 6.45) is 1.20. The highest BCUT2D eigenvalue weighted by molar-refractivity contribution is 7.89. The summed E-state index contributed by atoms with van der Waals surface area (Å²) in [6.45, 7) is 2.24. The summed E-state index contributed by atoms with van der Waals surface area (Å²) in [4.78, 5) is 24.9. The third-order valence-corrected chi connectivity index (χ3v) is 7.01. The van der Waals surface area contributed by atoms with Crippen molar-refractivity contribution < 1.29 is 22.7 Å². The van der Waals surface area contributed by atoms with Crippen LogP contribution in [0.15, 0.2) is 53.4 Å². The molecule has 0 spiro atoms. The molecule has 1 heterocycles. The first kappa shape index (κ1) is 21.0. The van der Waals surface area contributed by atoms with Crippen molar-refractivity contribution in [3.8, 4) is 0 Å². The largest absolute Gasteiger partial charge is 0.465 e. The van der Waals surface area contributed by atoms with Crippen molar-refractivity contribution in [2.45, 2.75) is 24.7 Å². The van der Waals surface area contributed by atoms with E-state index in [0.717, 1.165) is 0 Å². The van der Waals surface area contributed by atoms with E-state index in [9.17, 15) is 18.0 Å². The monoisotopic (exact) mass is 416 g/mol. The average molecular weight is 416 g/mol. The van der Waals surface area contributed by atoms with Crippen LogP contribution in [0.2, 0.25) is 0 Å². The summed E-state index contributed by atoms with van der Waals surface area (Å²) < 4.78 is 31.9. The van der Waals surface area contributed by atoms with Crippen LogP contribution >= 0.6 is 0 Å². The van der Waals surface area contributed by atoms with E-state index in [2.05, 4.69) is 5.32 Å². The fraction of sp³-hybridized carbons (Fsp3) is 0.333. The fourth-order valence-electron chi connectivity index (χ4n) is 3.45. The normalized spacial score (nSPS) is 17.5. The Hall–Kier alpha value is -2.71. The second-order valence-electron chi connectivity index (χ2n) is 6.97. The number of carbonyl (C=O) groups excluding carboxylic acids is 2. The van der Waals surface area contributed by atoms with Gasteiger partial charge in [-0.2, -0.15) is 4.31 Å². The van der Waals surface area contributed by atoms with Crippen LogP contribution < -0.4 is 5.32 Å². The van der Waals surface area contributed by atoms with Crippen LogP contribution in [0.1, 0.15) is 28.8 Å². The number of amides is 1. The highest BCUT2D eigenvalue weighted by Gasteiger charge is 2.33. The second-order valence-corrected chi connectivity index (χ2v) is 8.91. The van der Waals surface area contributed by atoms with Gasteiger partial charge in [-0.3, -0.25) is 4.79 Å². The molecule has 1 aliphatic rings. The molecule has 29 heavy (non-hydrogen) atoms. The van der Waals surface area contributed by atoms with Crippen LogP contribution in [-0.4, -0.2) is 44.8 Å².